The molecule has 0 bridgehead atoms. The van der Waals surface area contributed by atoms with Crippen LogP contribution >= 0.6 is 0 Å². The molecule has 0 unspecified atom stereocenters. The number of hydrogen-bond acceptors (Lipinski definition) is 7. The van der Waals surface area contributed by atoms with Gasteiger partial charge in [0.2, 0.25) is 5.91 Å². The fourth-order valence-corrected chi connectivity index (χ4v) is 4.02. The van der Waals surface area contributed by atoms with Gasteiger partial charge in [-0.1, -0.05) is 0 Å². The Bertz CT molecular complexity index is 1280. The predicted molar refractivity (Wildman–Crippen MR) is 110 cm³/mol. The fourth-order valence-electron chi connectivity index (χ4n) is 4.02. The molecule has 3 aromatic rings. The first-order valence-electron chi connectivity index (χ1n) is 9.88. The Labute approximate surface area is 175 Å². The van der Waals surface area contributed by atoms with Crippen molar-refractivity contribution in [1.29, 1.82) is 0 Å². The van der Waals surface area contributed by atoms with E-state index in [9.17, 15) is 19.7 Å². The standard InChI is InChI=1S/C21H18N4O6/c26-19(11-24-12-22-16-10-14(25(28)29)4-5-15(16)20(24)27)23-13-3-6-17-18(9-13)31-21(30-17)7-1-2-8-21/h3-6,9-10,12H,1-2,7-8,11H2,(H,23,26). The number of nitro benzene ring substituents is 1. The van der Waals surface area contributed by atoms with E-state index in [1.807, 2.05) is 0 Å². The predicted octanol–water partition coefficient (Wildman–Crippen LogP) is 2.98. The first kappa shape index (κ1) is 19.0. The number of amides is 1. The smallest absolute Gasteiger partial charge is 0.271 e. The summed E-state index contributed by atoms with van der Waals surface area (Å²) in [5.41, 5.74) is 0.119. The van der Waals surface area contributed by atoms with E-state index in [0.29, 0.717) is 17.2 Å². The van der Waals surface area contributed by atoms with Crippen LogP contribution in [0.3, 0.4) is 0 Å². The van der Waals surface area contributed by atoms with Crippen LogP contribution in [0.15, 0.2) is 47.5 Å². The third-order valence-electron chi connectivity index (χ3n) is 5.52. The normalized spacial score (nSPS) is 16.0. The average Bonchev–Trinajstić information content (AvgIpc) is 3.35. The molecule has 1 saturated carbocycles. The van der Waals surface area contributed by atoms with Gasteiger partial charge in [-0.3, -0.25) is 24.3 Å². The number of nitrogens with one attached hydrogen (secondary N) is 1. The van der Waals surface area contributed by atoms with Crippen molar-refractivity contribution in [2.45, 2.75) is 38.0 Å². The molecule has 1 spiro atoms. The maximum atomic E-state index is 12.6. The van der Waals surface area contributed by atoms with Crippen LogP contribution in [0.1, 0.15) is 25.7 Å². The zero-order valence-corrected chi connectivity index (χ0v) is 16.4. The molecule has 1 N–H and O–H groups in total. The van der Waals surface area contributed by atoms with E-state index in [1.54, 1.807) is 18.2 Å². The molecule has 0 radical (unpaired) electrons. The highest BCUT2D eigenvalue weighted by Crippen LogP contribution is 2.47. The number of carbonyl (C=O) groups excluding carboxylic acids is 1. The van der Waals surface area contributed by atoms with Crippen molar-refractivity contribution in [2.75, 3.05) is 5.32 Å². The van der Waals surface area contributed by atoms with Gasteiger partial charge in [-0.25, -0.2) is 4.98 Å². The number of anilines is 1. The van der Waals surface area contributed by atoms with Crippen LogP contribution in [0.25, 0.3) is 10.9 Å². The van der Waals surface area contributed by atoms with Crippen LogP contribution in [0.4, 0.5) is 11.4 Å². The Balaban J connectivity index is 1.32. The third kappa shape index (κ3) is 3.45. The van der Waals surface area contributed by atoms with E-state index in [-0.39, 0.29) is 23.1 Å². The second-order valence-corrected chi connectivity index (χ2v) is 7.67. The molecule has 1 amide bonds. The van der Waals surface area contributed by atoms with E-state index in [4.69, 9.17) is 9.47 Å². The van der Waals surface area contributed by atoms with Gasteiger partial charge < -0.3 is 14.8 Å². The molecule has 10 heteroatoms. The molecule has 2 aromatic carbocycles. The number of fused-ring (bicyclic) bond motifs is 2. The van der Waals surface area contributed by atoms with Crippen LogP contribution in [0.2, 0.25) is 0 Å². The van der Waals surface area contributed by atoms with Gasteiger partial charge in [-0.2, -0.15) is 0 Å². The fraction of sp³-hybridized carbons (Fsp3) is 0.286. The number of carbonyl (C=O) groups is 1. The number of nitro groups is 1. The minimum atomic E-state index is -0.579. The van der Waals surface area contributed by atoms with Gasteiger partial charge in [0.1, 0.15) is 6.54 Å². The summed E-state index contributed by atoms with van der Waals surface area (Å²) in [5.74, 6) is 0.249. The molecule has 2 aliphatic rings. The first-order chi connectivity index (χ1) is 14.9. The van der Waals surface area contributed by atoms with Gasteiger partial charge in [0.25, 0.3) is 17.0 Å². The topological polar surface area (TPSA) is 126 Å². The Morgan fingerprint density at radius 3 is 2.71 bits per heavy atom. The molecule has 10 nitrogen and oxygen atoms in total. The Morgan fingerprint density at radius 1 is 1.16 bits per heavy atom. The summed E-state index contributed by atoms with van der Waals surface area (Å²) in [5, 5.41) is 13.8. The van der Waals surface area contributed by atoms with Crippen molar-refractivity contribution in [3.63, 3.8) is 0 Å². The molecule has 1 aliphatic carbocycles. The van der Waals surface area contributed by atoms with Crippen LogP contribution < -0.4 is 20.3 Å². The maximum absolute atomic E-state index is 12.6. The molecule has 0 saturated heterocycles. The van der Waals surface area contributed by atoms with Crippen molar-refractivity contribution in [2.24, 2.45) is 0 Å². The quantitative estimate of drug-likeness (QED) is 0.506. The van der Waals surface area contributed by atoms with Crippen molar-refractivity contribution < 1.29 is 19.2 Å². The van der Waals surface area contributed by atoms with Crippen molar-refractivity contribution in [3.05, 3.63) is 63.2 Å². The largest absolute Gasteiger partial charge is 0.448 e. The summed E-state index contributed by atoms with van der Waals surface area (Å²) in [6.45, 7) is -0.253. The highest BCUT2D eigenvalue weighted by Gasteiger charge is 2.44. The Morgan fingerprint density at radius 2 is 1.94 bits per heavy atom. The zero-order chi connectivity index (χ0) is 21.6. The Hall–Kier alpha value is -3.95. The molecule has 1 fully saturated rings. The molecule has 5 rings (SSSR count). The lowest BCUT2D eigenvalue weighted by Gasteiger charge is -2.21. The SMILES string of the molecule is O=C(Cn1cnc2cc([N+](=O)[O-])ccc2c1=O)Nc1ccc2c(c1)OC1(CCCC1)O2. The lowest BCUT2D eigenvalue weighted by atomic mass is 10.2. The van der Waals surface area contributed by atoms with E-state index in [1.165, 1.54) is 24.5 Å². The van der Waals surface area contributed by atoms with E-state index < -0.39 is 22.2 Å². The third-order valence-corrected chi connectivity index (χ3v) is 5.52. The van der Waals surface area contributed by atoms with E-state index in [0.717, 1.165) is 30.3 Å². The Kier molecular flexibility index (Phi) is 4.35. The van der Waals surface area contributed by atoms with Gasteiger partial charge >= 0.3 is 0 Å². The molecular formula is C21H18N4O6. The zero-order valence-electron chi connectivity index (χ0n) is 16.4. The monoisotopic (exact) mass is 422 g/mol. The van der Waals surface area contributed by atoms with E-state index >= 15 is 0 Å². The molecule has 1 aliphatic heterocycles. The summed E-state index contributed by atoms with van der Waals surface area (Å²) < 4.78 is 13.1. The second-order valence-electron chi connectivity index (χ2n) is 7.67. The van der Waals surface area contributed by atoms with Crippen molar-refractivity contribution >= 4 is 28.2 Å². The lowest BCUT2D eigenvalue weighted by molar-refractivity contribution is -0.384. The van der Waals surface area contributed by atoms with Gasteiger partial charge in [-0.15, -0.1) is 0 Å². The summed E-state index contributed by atoms with van der Waals surface area (Å²) in [6, 6.07) is 8.99. The van der Waals surface area contributed by atoms with Crippen LogP contribution in [-0.4, -0.2) is 26.2 Å². The highest BCUT2D eigenvalue weighted by molar-refractivity contribution is 5.91. The van der Waals surface area contributed by atoms with Crippen LogP contribution in [-0.2, 0) is 11.3 Å². The van der Waals surface area contributed by atoms with Gasteiger partial charge in [-0.05, 0) is 31.0 Å². The molecular weight excluding hydrogens is 404 g/mol. The van der Waals surface area contributed by atoms with Gasteiger partial charge in [0.05, 0.1) is 22.2 Å². The second kappa shape index (κ2) is 7.08. The van der Waals surface area contributed by atoms with E-state index in [2.05, 4.69) is 10.3 Å². The highest BCUT2D eigenvalue weighted by atomic mass is 16.7. The minimum Gasteiger partial charge on any atom is -0.448 e. The lowest BCUT2D eigenvalue weighted by Crippen LogP contribution is -2.34. The number of rotatable bonds is 4. The summed E-state index contributed by atoms with van der Waals surface area (Å²) in [6.07, 6.45) is 4.99. The molecule has 1 aromatic heterocycles. The molecule has 158 valence electrons. The molecule has 2 heterocycles. The van der Waals surface area contributed by atoms with Crippen molar-refractivity contribution in [3.8, 4) is 11.5 Å². The number of aromatic nitrogens is 2. The number of hydrogen-bond donors (Lipinski definition) is 1. The van der Waals surface area contributed by atoms with Gasteiger partial charge in [0, 0.05) is 36.7 Å². The number of nitrogens with zero attached hydrogens (tertiary/aromatic N) is 3. The number of non-ortho nitro benzene ring substituents is 1. The minimum absolute atomic E-state index is 0.155. The molecule has 0 atom stereocenters. The summed E-state index contributed by atoms with van der Waals surface area (Å²) in [7, 11) is 0. The first-order valence-corrected chi connectivity index (χ1v) is 9.88. The number of ether oxygens (including phenoxy) is 2. The maximum Gasteiger partial charge on any atom is 0.271 e. The van der Waals surface area contributed by atoms with Crippen LogP contribution in [0.5, 0.6) is 11.5 Å². The molecule has 31 heavy (non-hydrogen) atoms. The van der Waals surface area contributed by atoms with Gasteiger partial charge in [0.15, 0.2) is 11.5 Å². The van der Waals surface area contributed by atoms with Crippen molar-refractivity contribution in [1.82, 2.24) is 9.55 Å². The summed E-state index contributed by atoms with van der Waals surface area (Å²) >= 11 is 0. The van der Waals surface area contributed by atoms with Crippen LogP contribution in [0, 0.1) is 10.1 Å². The average molecular weight is 422 g/mol. The number of benzene rings is 2. The summed E-state index contributed by atoms with van der Waals surface area (Å²) in [4.78, 5) is 39.5.